The molecule has 0 saturated heterocycles. The Kier molecular flexibility index (Phi) is 4.63. The van der Waals surface area contributed by atoms with Crippen molar-refractivity contribution in [2.24, 2.45) is 10.8 Å². The van der Waals surface area contributed by atoms with Crippen LogP contribution in [0.5, 0.6) is 5.75 Å². The minimum atomic E-state index is 0.203. The van der Waals surface area contributed by atoms with Crippen molar-refractivity contribution in [2.75, 3.05) is 13.1 Å². The van der Waals surface area contributed by atoms with E-state index in [9.17, 15) is 0 Å². The van der Waals surface area contributed by atoms with Crippen molar-refractivity contribution in [1.82, 2.24) is 5.01 Å². The van der Waals surface area contributed by atoms with Gasteiger partial charge in [-0.2, -0.15) is 0 Å². The molecule has 0 saturated carbocycles. The molecule has 0 aliphatic carbocycles. The maximum atomic E-state index is 5.91. The van der Waals surface area contributed by atoms with E-state index in [1.165, 1.54) is 11.1 Å². The average Bonchev–Trinajstić information content (AvgIpc) is 2.96. The van der Waals surface area contributed by atoms with Crippen LogP contribution in [0.2, 0.25) is 0 Å². The lowest BCUT2D eigenvalue weighted by molar-refractivity contribution is 0.242. The minimum Gasteiger partial charge on any atom is -0.491 e. The van der Waals surface area contributed by atoms with Gasteiger partial charge in [-0.15, -0.1) is 0 Å². The number of hydrogen-bond donors (Lipinski definition) is 1. The van der Waals surface area contributed by atoms with Crippen LogP contribution in [0.3, 0.4) is 0 Å². The van der Waals surface area contributed by atoms with Crippen LogP contribution in [-0.2, 0) is 6.42 Å². The SMILES string of the molecule is CC(C)Oc1ccc(Cc2ccc(C3=NCCN3N)cc2)cc1. The first kappa shape index (κ1) is 15.6. The van der Waals surface area contributed by atoms with Crippen molar-refractivity contribution in [3.8, 4) is 5.75 Å². The zero-order valence-corrected chi connectivity index (χ0v) is 13.7. The molecule has 0 amide bonds. The molecule has 1 aliphatic rings. The number of benzene rings is 2. The second-order valence-electron chi connectivity index (χ2n) is 6.08. The van der Waals surface area contributed by atoms with Crippen LogP contribution in [0.25, 0.3) is 0 Å². The number of nitrogens with two attached hydrogens (primary N) is 1. The fourth-order valence-electron chi connectivity index (χ4n) is 2.68. The zero-order valence-electron chi connectivity index (χ0n) is 13.7. The molecule has 3 rings (SSSR count). The van der Waals surface area contributed by atoms with Crippen molar-refractivity contribution < 1.29 is 4.74 Å². The van der Waals surface area contributed by atoms with E-state index in [-0.39, 0.29) is 6.10 Å². The van der Waals surface area contributed by atoms with Crippen LogP contribution in [0.4, 0.5) is 0 Å². The quantitative estimate of drug-likeness (QED) is 0.864. The molecule has 2 aromatic rings. The topological polar surface area (TPSA) is 50.8 Å². The predicted molar refractivity (Wildman–Crippen MR) is 93.8 cm³/mol. The van der Waals surface area contributed by atoms with Gasteiger partial charge in [0.05, 0.1) is 19.2 Å². The van der Waals surface area contributed by atoms with Gasteiger partial charge in [-0.1, -0.05) is 36.4 Å². The molecule has 2 N–H and O–H groups in total. The summed E-state index contributed by atoms with van der Waals surface area (Å²) in [5.74, 6) is 7.71. The summed E-state index contributed by atoms with van der Waals surface area (Å²) in [6, 6.07) is 16.8. The molecule has 0 fully saturated rings. The lowest BCUT2D eigenvalue weighted by Gasteiger charge is -2.13. The van der Waals surface area contributed by atoms with Gasteiger partial charge in [-0.05, 0) is 43.5 Å². The number of nitrogens with zero attached hydrogens (tertiary/aromatic N) is 2. The number of amidine groups is 1. The maximum Gasteiger partial charge on any atom is 0.145 e. The van der Waals surface area contributed by atoms with Crippen LogP contribution in [0.15, 0.2) is 53.5 Å². The van der Waals surface area contributed by atoms with Gasteiger partial charge in [0, 0.05) is 5.56 Å². The van der Waals surface area contributed by atoms with Crippen LogP contribution in [0.1, 0.15) is 30.5 Å². The molecule has 0 atom stereocenters. The largest absolute Gasteiger partial charge is 0.491 e. The minimum absolute atomic E-state index is 0.203. The van der Waals surface area contributed by atoms with Crippen molar-refractivity contribution in [3.63, 3.8) is 0 Å². The molecule has 0 spiro atoms. The fraction of sp³-hybridized carbons (Fsp3) is 0.316. The van der Waals surface area contributed by atoms with Crippen LogP contribution in [0, 0.1) is 0 Å². The van der Waals surface area contributed by atoms with E-state index in [0.717, 1.165) is 36.7 Å². The monoisotopic (exact) mass is 309 g/mol. The predicted octanol–water partition coefficient (Wildman–Crippen LogP) is 3.00. The Hall–Kier alpha value is -2.33. The first-order chi connectivity index (χ1) is 11.1. The lowest BCUT2D eigenvalue weighted by atomic mass is 10.0. The molecule has 120 valence electrons. The molecule has 1 aliphatic heterocycles. The summed E-state index contributed by atoms with van der Waals surface area (Å²) in [5.41, 5.74) is 3.62. The second-order valence-corrected chi connectivity index (χ2v) is 6.08. The van der Waals surface area contributed by atoms with Gasteiger partial charge in [-0.25, -0.2) is 5.84 Å². The van der Waals surface area contributed by atoms with Crippen molar-refractivity contribution in [1.29, 1.82) is 0 Å². The Balaban J connectivity index is 1.66. The average molecular weight is 309 g/mol. The van der Waals surface area contributed by atoms with E-state index in [2.05, 4.69) is 41.4 Å². The van der Waals surface area contributed by atoms with Gasteiger partial charge in [0.25, 0.3) is 0 Å². The normalized spacial score (nSPS) is 14.3. The standard InChI is InChI=1S/C19H23N3O/c1-14(2)23-18-9-5-16(6-10-18)13-15-3-7-17(8-4-15)19-21-11-12-22(19)20/h3-10,14H,11-13,20H2,1-2H3. The maximum absolute atomic E-state index is 5.91. The number of aliphatic imine (C=N–C) groups is 1. The van der Waals surface area contributed by atoms with Gasteiger partial charge < -0.3 is 4.74 Å². The fourth-order valence-corrected chi connectivity index (χ4v) is 2.68. The second kappa shape index (κ2) is 6.84. The first-order valence-electron chi connectivity index (χ1n) is 8.03. The van der Waals surface area contributed by atoms with Crippen LogP contribution < -0.4 is 10.6 Å². The van der Waals surface area contributed by atoms with Crippen molar-refractivity contribution in [2.45, 2.75) is 26.4 Å². The third kappa shape index (κ3) is 3.90. The molecular weight excluding hydrogens is 286 g/mol. The van der Waals surface area contributed by atoms with Gasteiger partial charge in [0.1, 0.15) is 11.6 Å². The summed E-state index contributed by atoms with van der Waals surface area (Å²) in [6.45, 7) is 5.64. The van der Waals surface area contributed by atoms with Crippen LogP contribution in [-0.4, -0.2) is 30.0 Å². The molecule has 1 heterocycles. The van der Waals surface area contributed by atoms with E-state index in [1.807, 2.05) is 26.0 Å². The van der Waals surface area contributed by atoms with Gasteiger partial charge in [0.15, 0.2) is 0 Å². The molecule has 0 unspecified atom stereocenters. The van der Waals surface area contributed by atoms with E-state index < -0.39 is 0 Å². The molecule has 2 aromatic carbocycles. The zero-order chi connectivity index (χ0) is 16.2. The molecule has 4 heteroatoms. The Morgan fingerprint density at radius 2 is 1.65 bits per heavy atom. The molecule has 23 heavy (non-hydrogen) atoms. The molecule has 0 radical (unpaired) electrons. The Morgan fingerprint density at radius 3 is 2.17 bits per heavy atom. The van der Waals surface area contributed by atoms with Gasteiger partial charge in [-0.3, -0.25) is 10.0 Å². The molecule has 0 bridgehead atoms. The first-order valence-corrected chi connectivity index (χ1v) is 8.03. The lowest BCUT2D eigenvalue weighted by Crippen LogP contribution is -2.34. The number of hydrazine groups is 1. The molecule has 4 nitrogen and oxygen atoms in total. The highest BCUT2D eigenvalue weighted by Crippen LogP contribution is 2.17. The van der Waals surface area contributed by atoms with Gasteiger partial charge in [0.2, 0.25) is 0 Å². The molecule has 0 aromatic heterocycles. The van der Waals surface area contributed by atoms with E-state index >= 15 is 0 Å². The molecular formula is C19H23N3O. The summed E-state index contributed by atoms with van der Waals surface area (Å²) in [4.78, 5) is 4.44. The summed E-state index contributed by atoms with van der Waals surface area (Å²) < 4.78 is 5.67. The van der Waals surface area contributed by atoms with E-state index in [0.29, 0.717) is 0 Å². The Morgan fingerprint density at radius 1 is 1.04 bits per heavy atom. The summed E-state index contributed by atoms with van der Waals surface area (Å²) in [7, 11) is 0. The number of ether oxygens (including phenoxy) is 1. The highest BCUT2D eigenvalue weighted by molar-refractivity contribution is 5.99. The van der Waals surface area contributed by atoms with Crippen molar-refractivity contribution in [3.05, 3.63) is 65.2 Å². The third-order valence-corrected chi connectivity index (χ3v) is 3.79. The highest BCUT2D eigenvalue weighted by Gasteiger charge is 2.14. The third-order valence-electron chi connectivity index (χ3n) is 3.79. The van der Waals surface area contributed by atoms with Gasteiger partial charge >= 0.3 is 0 Å². The summed E-state index contributed by atoms with van der Waals surface area (Å²) in [5, 5.41) is 1.71. The summed E-state index contributed by atoms with van der Waals surface area (Å²) >= 11 is 0. The van der Waals surface area contributed by atoms with Crippen LogP contribution >= 0.6 is 0 Å². The highest BCUT2D eigenvalue weighted by atomic mass is 16.5. The van der Waals surface area contributed by atoms with E-state index in [4.69, 9.17) is 10.6 Å². The number of rotatable bonds is 5. The van der Waals surface area contributed by atoms with E-state index in [1.54, 1.807) is 5.01 Å². The number of hydrogen-bond acceptors (Lipinski definition) is 4. The Bertz CT molecular complexity index is 675. The smallest absolute Gasteiger partial charge is 0.145 e. The van der Waals surface area contributed by atoms with Crippen molar-refractivity contribution >= 4 is 5.84 Å². The Labute approximate surface area is 137 Å². The summed E-state index contributed by atoms with van der Waals surface area (Å²) in [6.07, 6.45) is 1.11.